The molecule has 0 saturated carbocycles. The first-order valence-corrected chi connectivity index (χ1v) is 7.11. The van der Waals surface area contributed by atoms with Crippen molar-refractivity contribution in [3.8, 4) is 5.75 Å². The topological polar surface area (TPSA) is 64.3 Å². The van der Waals surface area contributed by atoms with E-state index in [4.69, 9.17) is 10.5 Å². The maximum atomic E-state index is 12.2. The van der Waals surface area contributed by atoms with Crippen molar-refractivity contribution in [3.63, 3.8) is 0 Å². The van der Waals surface area contributed by atoms with Gasteiger partial charge in [-0.05, 0) is 39.3 Å². The molecule has 116 valence electrons. The van der Waals surface area contributed by atoms with Crippen LogP contribution in [-0.2, 0) is 10.2 Å². The van der Waals surface area contributed by atoms with Crippen LogP contribution < -0.4 is 15.8 Å². The minimum Gasteiger partial charge on any atom is -0.485 e. The fourth-order valence-corrected chi connectivity index (χ4v) is 3.27. The molecule has 0 radical (unpaired) electrons. The third kappa shape index (κ3) is 1.89. The van der Waals surface area contributed by atoms with Crippen LogP contribution in [-0.4, -0.2) is 18.1 Å². The monoisotopic (exact) mass is 310 g/mol. The second-order valence-corrected chi connectivity index (χ2v) is 6.78. The number of benzene rings is 1. The fraction of sp³-hybridized carbons (Fsp3) is 0.562. The summed E-state index contributed by atoms with van der Waals surface area (Å²) in [5, 5.41) is 3.00. The van der Waals surface area contributed by atoms with Crippen LogP contribution >= 0.6 is 12.4 Å². The molecule has 2 aliphatic rings. The molecule has 3 N–H and O–H groups in total. The second kappa shape index (κ2) is 4.62. The number of halogens is 1. The number of amides is 1. The number of carbonyl (C=O) groups is 1. The van der Waals surface area contributed by atoms with Gasteiger partial charge in [0.05, 0.1) is 11.1 Å². The number of ether oxygens (including phenoxy) is 1. The molecule has 0 aromatic heterocycles. The molecule has 2 atom stereocenters. The number of rotatable bonds is 1. The Labute approximate surface area is 131 Å². The molecule has 2 heterocycles. The van der Waals surface area contributed by atoms with Crippen molar-refractivity contribution < 1.29 is 9.53 Å². The number of fused-ring (bicyclic) bond motifs is 3. The van der Waals surface area contributed by atoms with E-state index in [-0.39, 0.29) is 24.2 Å². The largest absolute Gasteiger partial charge is 0.485 e. The maximum Gasteiger partial charge on any atom is 0.234 e. The molecule has 0 aliphatic carbocycles. The molecule has 4 nitrogen and oxygen atoms in total. The van der Waals surface area contributed by atoms with Crippen molar-refractivity contribution in [1.82, 2.24) is 0 Å². The van der Waals surface area contributed by atoms with Crippen molar-refractivity contribution in [2.75, 3.05) is 11.9 Å². The summed E-state index contributed by atoms with van der Waals surface area (Å²) in [6.07, 6.45) is 0. The van der Waals surface area contributed by atoms with E-state index in [0.29, 0.717) is 6.54 Å². The number of anilines is 1. The summed E-state index contributed by atoms with van der Waals surface area (Å²) in [6, 6.07) is 2.13. The van der Waals surface area contributed by atoms with Gasteiger partial charge in [-0.1, -0.05) is 6.92 Å². The van der Waals surface area contributed by atoms with Crippen LogP contribution in [0.2, 0.25) is 0 Å². The van der Waals surface area contributed by atoms with Crippen LogP contribution in [0.4, 0.5) is 5.69 Å². The van der Waals surface area contributed by atoms with E-state index in [1.165, 1.54) is 5.56 Å². The lowest BCUT2D eigenvalue weighted by Crippen LogP contribution is -2.41. The van der Waals surface area contributed by atoms with Crippen molar-refractivity contribution in [2.24, 2.45) is 5.73 Å². The van der Waals surface area contributed by atoms with Gasteiger partial charge >= 0.3 is 0 Å². The Bertz CT molecular complexity index is 627. The first kappa shape index (κ1) is 16.1. The zero-order valence-electron chi connectivity index (χ0n) is 13.2. The maximum absolute atomic E-state index is 12.2. The van der Waals surface area contributed by atoms with E-state index in [1.54, 1.807) is 0 Å². The SMILES string of the molecule is Cc1cc2c(c3c1NC(=O)C3(C)C)O[C@@](C)(CN)[C@H]2C.Cl. The Morgan fingerprint density at radius 2 is 2.00 bits per heavy atom. The van der Waals surface area contributed by atoms with Crippen LogP contribution in [0.3, 0.4) is 0 Å². The predicted octanol–water partition coefficient (Wildman–Crippen LogP) is 2.86. The molecule has 1 aromatic carbocycles. The molecule has 0 spiro atoms. The molecule has 0 bridgehead atoms. The molecule has 1 aromatic rings. The minimum atomic E-state index is -0.564. The Hall–Kier alpha value is -1.26. The smallest absolute Gasteiger partial charge is 0.234 e. The van der Waals surface area contributed by atoms with Crippen LogP contribution in [0.15, 0.2) is 6.07 Å². The van der Waals surface area contributed by atoms with Gasteiger partial charge in [0.25, 0.3) is 0 Å². The number of nitrogens with two attached hydrogens (primary N) is 1. The van der Waals surface area contributed by atoms with Gasteiger partial charge in [0.15, 0.2) is 0 Å². The van der Waals surface area contributed by atoms with Gasteiger partial charge in [0.2, 0.25) is 5.91 Å². The Kier molecular flexibility index (Phi) is 3.54. The first-order valence-electron chi connectivity index (χ1n) is 7.11. The highest BCUT2D eigenvalue weighted by atomic mass is 35.5. The Morgan fingerprint density at radius 3 is 2.57 bits per heavy atom. The molecule has 5 heteroatoms. The van der Waals surface area contributed by atoms with Gasteiger partial charge in [-0.3, -0.25) is 4.79 Å². The molecular weight excluding hydrogens is 288 g/mol. The number of carbonyl (C=O) groups excluding carboxylic acids is 1. The quantitative estimate of drug-likeness (QED) is 0.838. The molecule has 2 aliphatic heterocycles. The van der Waals surface area contributed by atoms with E-state index >= 15 is 0 Å². The molecular formula is C16H23ClN2O2. The van der Waals surface area contributed by atoms with E-state index in [9.17, 15) is 4.79 Å². The normalized spacial score (nSPS) is 28.3. The number of aryl methyl sites for hydroxylation is 1. The van der Waals surface area contributed by atoms with Gasteiger partial charge in [0.1, 0.15) is 11.4 Å². The number of hydrogen-bond acceptors (Lipinski definition) is 3. The minimum absolute atomic E-state index is 0. The van der Waals surface area contributed by atoms with Crippen molar-refractivity contribution in [1.29, 1.82) is 0 Å². The van der Waals surface area contributed by atoms with Crippen LogP contribution in [0.5, 0.6) is 5.75 Å². The van der Waals surface area contributed by atoms with E-state index in [0.717, 1.165) is 22.6 Å². The Morgan fingerprint density at radius 1 is 1.38 bits per heavy atom. The van der Waals surface area contributed by atoms with Crippen molar-refractivity contribution in [3.05, 3.63) is 22.8 Å². The molecule has 21 heavy (non-hydrogen) atoms. The van der Waals surface area contributed by atoms with Crippen molar-refractivity contribution in [2.45, 2.75) is 51.6 Å². The summed E-state index contributed by atoms with van der Waals surface area (Å²) < 4.78 is 6.22. The predicted molar refractivity (Wildman–Crippen MR) is 86.6 cm³/mol. The summed E-state index contributed by atoms with van der Waals surface area (Å²) in [7, 11) is 0. The summed E-state index contributed by atoms with van der Waals surface area (Å²) >= 11 is 0. The van der Waals surface area contributed by atoms with Crippen LogP contribution in [0.1, 0.15) is 50.3 Å². The fourth-order valence-electron chi connectivity index (χ4n) is 3.27. The van der Waals surface area contributed by atoms with Crippen LogP contribution in [0, 0.1) is 6.92 Å². The zero-order valence-corrected chi connectivity index (χ0v) is 14.0. The summed E-state index contributed by atoms with van der Waals surface area (Å²) in [5.74, 6) is 1.11. The zero-order chi connectivity index (χ0) is 14.9. The average Bonchev–Trinajstić information content (AvgIpc) is 2.77. The van der Waals surface area contributed by atoms with Gasteiger partial charge in [-0.15, -0.1) is 12.4 Å². The highest BCUT2D eigenvalue weighted by Gasteiger charge is 2.49. The molecule has 0 fully saturated rings. The summed E-state index contributed by atoms with van der Waals surface area (Å²) in [6.45, 7) is 10.6. The molecule has 1 amide bonds. The lowest BCUT2D eigenvalue weighted by molar-refractivity contribution is -0.119. The van der Waals surface area contributed by atoms with Crippen LogP contribution in [0.25, 0.3) is 0 Å². The molecule has 3 rings (SSSR count). The highest BCUT2D eigenvalue weighted by molar-refractivity contribution is 6.07. The average molecular weight is 311 g/mol. The van der Waals surface area contributed by atoms with E-state index < -0.39 is 11.0 Å². The lowest BCUT2D eigenvalue weighted by Gasteiger charge is -2.27. The number of nitrogens with one attached hydrogen (secondary N) is 1. The van der Waals surface area contributed by atoms with Gasteiger partial charge in [-0.25, -0.2) is 0 Å². The van der Waals surface area contributed by atoms with Crippen molar-refractivity contribution >= 4 is 24.0 Å². The molecule has 0 saturated heterocycles. The Balaban J connectivity index is 0.00000161. The lowest BCUT2D eigenvalue weighted by atomic mass is 9.81. The molecule has 0 unspecified atom stereocenters. The van der Waals surface area contributed by atoms with Gasteiger partial charge in [-0.2, -0.15) is 0 Å². The number of hydrogen-bond donors (Lipinski definition) is 2. The van der Waals surface area contributed by atoms with Gasteiger partial charge < -0.3 is 15.8 Å². The first-order chi connectivity index (χ1) is 9.22. The highest BCUT2D eigenvalue weighted by Crippen LogP contribution is 2.54. The summed E-state index contributed by atoms with van der Waals surface area (Å²) in [4.78, 5) is 12.2. The standard InChI is InChI=1S/C16H22N2O2.ClH/c1-8-6-10-9(2)16(5,7-17)20-13(10)11-12(8)18-14(19)15(11,3)4;/h6,9H,7,17H2,1-5H3,(H,18,19);1H/t9-,16-;/m0./s1. The summed E-state index contributed by atoms with van der Waals surface area (Å²) in [5.41, 5.74) is 9.10. The second-order valence-electron chi connectivity index (χ2n) is 6.78. The van der Waals surface area contributed by atoms with E-state index in [1.807, 2.05) is 27.7 Å². The van der Waals surface area contributed by atoms with E-state index in [2.05, 4.69) is 18.3 Å². The third-order valence-electron chi connectivity index (χ3n) is 5.06. The third-order valence-corrected chi connectivity index (χ3v) is 5.06. The van der Waals surface area contributed by atoms with Gasteiger partial charge in [0, 0.05) is 23.6 Å².